The molecule has 0 bridgehead atoms. The summed E-state index contributed by atoms with van der Waals surface area (Å²) in [6.07, 6.45) is 0.462. The van der Waals surface area contributed by atoms with Gasteiger partial charge in [0.15, 0.2) is 0 Å². The molecule has 2 aromatic rings. The Morgan fingerprint density at radius 3 is 2.50 bits per heavy atom. The Morgan fingerprint density at radius 2 is 2.00 bits per heavy atom. The molecule has 0 aliphatic carbocycles. The minimum absolute atomic E-state index is 0.396. The molecular formula is C15H19N3O2. The zero-order chi connectivity index (χ0) is 14.7. The van der Waals surface area contributed by atoms with E-state index in [0.29, 0.717) is 6.42 Å². The third-order valence-corrected chi connectivity index (χ3v) is 3.15. The van der Waals surface area contributed by atoms with Crippen LogP contribution in [0.4, 0.5) is 0 Å². The number of esters is 1. The van der Waals surface area contributed by atoms with Crippen LogP contribution in [-0.2, 0) is 16.0 Å². The maximum Gasteiger partial charge on any atom is 0.322 e. The normalized spacial score (nSPS) is 12.2. The number of methoxy groups -OCH3 is 1. The number of carbonyl (C=O) groups excluding carboxylic acids is 1. The molecule has 1 atom stereocenters. The van der Waals surface area contributed by atoms with E-state index in [1.54, 1.807) is 0 Å². The van der Waals surface area contributed by atoms with Crippen molar-refractivity contribution >= 4 is 5.97 Å². The molecule has 2 rings (SSSR count). The van der Waals surface area contributed by atoms with E-state index in [0.717, 1.165) is 22.6 Å². The molecule has 0 radical (unpaired) electrons. The van der Waals surface area contributed by atoms with Gasteiger partial charge >= 0.3 is 5.97 Å². The molecular weight excluding hydrogens is 254 g/mol. The minimum atomic E-state index is -0.625. The van der Waals surface area contributed by atoms with Crippen LogP contribution in [0.25, 0.3) is 5.69 Å². The molecule has 2 N–H and O–H groups in total. The lowest BCUT2D eigenvalue weighted by atomic mass is 10.1. The van der Waals surface area contributed by atoms with Crippen molar-refractivity contribution in [3.05, 3.63) is 47.3 Å². The zero-order valence-corrected chi connectivity index (χ0v) is 12.0. The molecule has 5 heteroatoms. The summed E-state index contributed by atoms with van der Waals surface area (Å²) in [4.78, 5) is 11.3. The van der Waals surface area contributed by atoms with E-state index >= 15 is 0 Å². The van der Waals surface area contributed by atoms with E-state index in [1.807, 2.05) is 48.9 Å². The maximum absolute atomic E-state index is 11.3. The lowest BCUT2D eigenvalue weighted by Gasteiger charge is -2.10. The summed E-state index contributed by atoms with van der Waals surface area (Å²) in [5, 5.41) is 4.43. The van der Waals surface area contributed by atoms with Crippen molar-refractivity contribution in [2.24, 2.45) is 5.73 Å². The van der Waals surface area contributed by atoms with E-state index in [4.69, 9.17) is 5.73 Å². The van der Waals surface area contributed by atoms with Gasteiger partial charge in [-0.25, -0.2) is 4.68 Å². The topological polar surface area (TPSA) is 70.1 Å². The number of ether oxygens (including phenoxy) is 1. The van der Waals surface area contributed by atoms with Crippen molar-refractivity contribution in [2.75, 3.05) is 7.11 Å². The average Bonchev–Trinajstić information content (AvgIpc) is 2.77. The molecule has 0 saturated heterocycles. The Bertz CT molecular complexity index is 602. The second-order valence-corrected chi connectivity index (χ2v) is 4.84. The number of hydrogen-bond acceptors (Lipinski definition) is 4. The van der Waals surface area contributed by atoms with E-state index < -0.39 is 12.0 Å². The number of aromatic nitrogens is 2. The number of nitrogens with two attached hydrogens (primary N) is 1. The predicted molar refractivity (Wildman–Crippen MR) is 76.7 cm³/mol. The second-order valence-electron chi connectivity index (χ2n) is 4.84. The van der Waals surface area contributed by atoms with Crippen molar-refractivity contribution in [3.63, 3.8) is 0 Å². The number of benzene rings is 1. The first-order valence-electron chi connectivity index (χ1n) is 6.47. The largest absolute Gasteiger partial charge is 0.468 e. The van der Waals surface area contributed by atoms with Crippen molar-refractivity contribution in [1.29, 1.82) is 0 Å². The smallest absolute Gasteiger partial charge is 0.322 e. The van der Waals surface area contributed by atoms with Crippen LogP contribution in [0.3, 0.4) is 0 Å². The summed E-state index contributed by atoms with van der Waals surface area (Å²) >= 11 is 0. The summed E-state index contributed by atoms with van der Waals surface area (Å²) in [5.74, 6) is -0.396. The summed E-state index contributed by atoms with van der Waals surface area (Å²) in [5.41, 5.74) is 9.80. The molecule has 1 unspecified atom stereocenters. The Labute approximate surface area is 118 Å². The van der Waals surface area contributed by atoms with E-state index in [1.165, 1.54) is 7.11 Å². The molecule has 106 valence electrons. The quantitative estimate of drug-likeness (QED) is 0.858. The third-order valence-electron chi connectivity index (χ3n) is 3.15. The highest BCUT2D eigenvalue weighted by molar-refractivity contribution is 5.75. The van der Waals surface area contributed by atoms with Crippen LogP contribution in [0, 0.1) is 13.8 Å². The molecule has 0 fully saturated rings. The van der Waals surface area contributed by atoms with Crippen LogP contribution in [0.2, 0.25) is 0 Å². The molecule has 1 heterocycles. The molecule has 20 heavy (non-hydrogen) atoms. The molecule has 0 saturated carbocycles. The van der Waals surface area contributed by atoms with Crippen LogP contribution in [-0.4, -0.2) is 28.9 Å². The highest BCUT2D eigenvalue weighted by atomic mass is 16.5. The second kappa shape index (κ2) is 5.88. The zero-order valence-electron chi connectivity index (χ0n) is 12.0. The fraction of sp³-hybridized carbons (Fsp3) is 0.333. The van der Waals surface area contributed by atoms with Crippen LogP contribution < -0.4 is 5.73 Å². The first-order valence-corrected chi connectivity index (χ1v) is 6.47. The van der Waals surface area contributed by atoms with Gasteiger partial charge in [-0.15, -0.1) is 0 Å². The number of nitrogens with zero attached hydrogens (tertiary/aromatic N) is 2. The third kappa shape index (κ3) is 3.05. The number of hydrogen-bond donors (Lipinski definition) is 1. The SMILES string of the molecule is COC(=O)C(N)Cc1ccc(-n2nc(C)cc2C)cc1. The van der Waals surface area contributed by atoms with Crippen molar-refractivity contribution in [2.45, 2.75) is 26.3 Å². The van der Waals surface area contributed by atoms with Crippen molar-refractivity contribution < 1.29 is 9.53 Å². The maximum atomic E-state index is 11.3. The van der Waals surface area contributed by atoms with Gasteiger partial charge in [-0.1, -0.05) is 12.1 Å². The van der Waals surface area contributed by atoms with E-state index in [-0.39, 0.29) is 0 Å². The lowest BCUT2D eigenvalue weighted by Crippen LogP contribution is -2.33. The van der Waals surface area contributed by atoms with Gasteiger partial charge in [0.2, 0.25) is 0 Å². The van der Waals surface area contributed by atoms with Crippen LogP contribution in [0.15, 0.2) is 30.3 Å². The fourth-order valence-electron chi connectivity index (χ4n) is 2.15. The molecule has 5 nitrogen and oxygen atoms in total. The van der Waals surface area contributed by atoms with E-state index in [9.17, 15) is 4.79 Å². The Morgan fingerprint density at radius 1 is 1.35 bits per heavy atom. The Hall–Kier alpha value is -2.14. The van der Waals surface area contributed by atoms with Crippen molar-refractivity contribution in [1.82, 2.24) is 9.78 Å². The number of carbonyl (C=O) groups is 1. The van der Waals surface area contributed by atoms with Gasteiger partial charge in [-0.2, -0.15) is 5.10 Å². The van der Waals surface area contributed by atoms with Crippen LogP contribution >= 0.6 is 0 Å². The number of aryl methyl sites for hydroxylation is 2. The van der Waals surface area contributed by atoms with Gasteiger partial charge in [-0.3, -0.25) is 4.79 Å². The Kier molecular flexibility index (Phi) is 4.20. The van der Waals surface area contributed by atoms with Gasteiger partial charge in [0.25, 0.3) is 0 Å². The van der Waals surface area contributed by atoms with Gasteiger partial charge in [-0.05, 0) is 44.0 Å². The monoisotopic (exact) mass is 273 g/mol. The standard InChI is InChI=1S/C15H19N3O2/c1-10-8-11(2)18(17-10)13-6-4-12(5-7-13)9-14(16)15(19)20-3/h4-8,14H,9,16H2,1-3H3. The molecule has 1 aromatic heterocycles. The van der Waals surface area contributed by atoms with Gasteiger partial charge < -0.3 is 10.5 Å². The summed E-state index contributed by atoms with van der Waals surface area (Å²) < 4.78 is 6.51. The van der Waals surface area contributed by atoms with Gasteiger partial charge in [0, 0.05) is 5.69 Å². The summed E-state index contributed by atoms with van der Waals surface area (Å²) in [6, 6.07) is 9.25. The fourth-order valence-corrected chi connectivity index (χ4v) is 2.15. The molecule has 0 aliphatic heterocycles. The number of rotatable bonds is 4. The first kappa shape index (κ1) is 14.3. The Balaban J connectivity index is 2.14. The molecule has 0 spiro atoms. The molecule has 0 amide bonds. The summed E-state index contributed by atoms with van der Waals surface area (Å²) in [7, 11) is 1.34. The van der Waals surface area contributed by atoms with Crippen LogP contribution in [0.5, 0.6) is 0 Å². The van der Waals surface area contributed by atoms with Crippen molar-refractivity contribution in [3.8, 4) is 5.69 Å². The van der Waals surface area contributed by atoms with Crippen LogP contribution in [0.1, 0.15) is 17.0 Å². The van der Waals surface area contributed by atoms with Gasteiger partial charge in [0.1, 0.15) is 6.04 Å². The first-order chi connectivity index (χ1) is 9.51. The summed E-state index contributed by atoms with van der Waals surface area (Å²) in [6.45, 7) is 3.98. The van der Waals surface area contributed by atoms with Gasteiger partial charge in [0.05, 0.1) is 18.5 Å². The minimum Gasteiger partial charge on any atom is -0.468 e. The van der Waals surface area contributed by atoms with E-state index in [2.05, 4.69) is 9.84 Å². The highest BCUT2D eigenvalue weighted by Crippen LogP contribution is 2.14. The predicted octanol–water partition coefficient (Wildman–Crippen LogP) is 1.53. The lowest BCUT2D eigenvalue weighted by molar-refractivity contribution is -0.142. The highest BCUT2D eigenvalue weighted by Gasteiger charge is 2.14. The molecule has 1 aromatic carbocycles. The average molecular weight is 273 g/mol. The molecule has 0 aliphatic rings.